The molecule has 0 aromatic rings. The summed E-state index contributed by atoms with van der Waals surface area (Å²) in [6.07, 6.45) is -1.65. The molecule has 14 heavy (non-hydrogen) atoms. The molecule has 0 amide bonds. The minimum Gasteiger partial charge on any atom is -0.466 e. The van der Waals surface area contributed by atoms with Crippen LogP contribution in [0.4, 0.5) is 0 Å². The second kappa shape index (κ2) is 7.28. The summed E-state index contributed by atoms with van der Waals surface area (Å²) in [6.45, 7) is 3.82. The van der Waals surface area contributed by atoms with E-state index in [2.05, 4.69) is 9.89 Å². The lowest BCUT2D eigenvalue weighted by atomic mass is 10.2. The Morgan fingerprint density at radius 1 is 1.43 bits per heavy atom. The van der Waals surface area contributed by atoms with E-state index in [0.29, 0.717) is 0 Å². The molecule has 0 aliphatic heterocycles. The summed E-state index contributed by atoms with van der Waals surface area (Å²) < 4.78 is 9.34. The highest BCUT2D eigenvalue weighted by atomic mass is 16.6. The molecule has 0 rings (SSSR count). The highest BCUT2D eigenvalue weighted by Crippen LogP contribution is 1.98. The van der Waals surface area contributed by atoms with E-state index in [1.807, 2.05) is 0 Å². The maximum Gasteiger partial charge on any atom is 0.311 e. The molecule has 2 N–H and O–H groups in total. The Kier molecular flexibility index (Phi) is 6.69. The van der Waals surface area contributed by atoms with Crippen molar-refractivity contribution in [1.82, 2.24) is 0 Å². The lowest BCUT2D eigenvalue weighted by Crippen LogP contribution is -2.27. The molecular weight excluding hydrogens is 190 g/mol. The molecule has 82 valence electrons. The number of carbonyl (C=O) groups is 1. The first-order chi connectivity index (χ1) is 6.65. The van der Waals surface area contributed by atoms with E-state index < -0.39 is 12.3 Å². The summed E-state index contributed by atoms with van der Waals surface area (Å²) in [7, 11) is 0. The first-order valence-electron chi connectivity index (χ1n) is 4.31. The van der Waals surface area contributed by atoms with Gasteiger partial charge < -0.3 is 19.8 Å². The molecule has 0 spiro atoms. The number of hydrogen-bond donors (Lipinski definition) is 2. The van der Waals surface area contributed by atoms with Crippen molar-refractivity contribution in [3.05, 3.63) is 0 Å². The summed E-state index contributed by atoms with van der Waals surface area (Å²) in [5.41, 5.74) is -0.162. The fourth-order valence-electron chi connectivity index (χ4n) is 0.786. The van der Waals surface area contributed by atoms with Gasteiger partial charge in [0.15, 0.2) is 6.29 Å². The minimum atomic E-state index is -1.37. The molecule has 0 aromatic heterocycles. The van der Waals surface area contributed by atoms with Crippen molar-refractivity contribution in [2.24, 2.45) is 5.16 Å². The van der Waals surface area contributed by atoms with Crippen LogP contribution in [0.15, 0.2) is 5.16 Å². The van der Waals surface area contributed by atoms with Crippen LogP contribution in [0, 0.1) is 0 Å². The number of carbonyl (C=O) groups excluding carboxylic acids is 1. The number of hydrogen-bond acceptors (Lipinski definition) is 6. The Hall–Kier alpha value is -1.14. The van der Waals surface area contributed by atoms with Gasteiger partial charge in [-0.25, -0.2) is 0 Å². The third kappa shape index (κ3) is 4.78. The Morgan fingerprint density at radius 3 is 2.50 bits per heavy atom. The number of ether oxygens (including phenoxy) is 2. The van der Waals surface area contributed by atoms with E-state index in [0.717, 1.165) is 0 Å². The maximum absolute atomic E-state index is 10.9. The largest absolute Gasteiger partial charge is 0.466 e. The molecule has 0 heterocycles. The number of oxime groups is 1. The van der Waals surface area contributed by atoms with Crippen LogP contribution in [-0.4, -0.2) is 41.5 Å². The molecule has 0 bridgehead atoms. The summed E-state index contributed by atoms with van der Waals surface area (Å²) >= 11 is 0. The predicted molar refractivity (Wildman–Crippen MR) is 48.1 cm³/mol. The van der Waals surface area contributed by atoms with Gasteiger partial charge in [0.2, 0.25) is 0 Å². The van der Waals surface area contributed by atoms with E-state index >= 15 is 0 Å². The van der Waals surface area contributed by atoms with Crippen LogP contribution in [0.2, 0.25) is 0 Å². The second-order valence-corrected chi connectivity index (χ2v) is 2.38. The Labute approximate surface area is 82.1 Å². The summed E-state index contributed by atoms with van der Waals surface area (Å²) in [5, 5.41) is 20.5. The van der Waals surface area contributed by atoms with E-state index in [-0.39, 0.29) is 25.3 Å². The average molecular weight is 205 g/mol. The topological polar surface area (TPSA) is 88.4 Å². The summed E-state index contributed by atoms with van der Waals surface area (Å²) in [6, 6.07) is 0. The predicted octanol–water partition coefficient (Wildman–Crippen LogP) is 0.125. The van der Waals surface area contributed by atoms with Gasteiger partial charge in [0.25, 0.3) is 0 Å². The molecule has 0 fully saturated rings. The van der Waals surface area contributed by atoms with Gasteiger partial charge in [0, 0.05) is 6.61 Å². The van der Waals surface area contributed by atoms with Crippen molar-refractivity contribution < 1.29 is 24.6 Å². The molecule has 0 aliphatic carbocycles. The molecule has 1 unspecified atom stereocenters. The van der Waals surface area contributed by atoms with Gasteiger partial charge in [0.05, 0.1) is 13.0 Å². The maximum atomic E-state index is 10.9. The molecule has 0 aliphatic rings. The molecule has 0 saturated carbocycles. The van der Waals surface area contributed by atoms with Gasteiger partial charge >= 0.3 is 5.97 Å². The Morgan fingerprint density at radius 2 is 2.07 bits per heavy atom. The van der Waals surface area contributed by atoms with Crippen LogP contribution in [0.3, 0.4) is 0 Å². The number of aliphatic hydroxyl groups is 1. The molecule has 0 radical (unpaired) electrons. The molecular formula is C8H15NO5. The fourth-order valence-corrected chi connectivity index (χ4v) is 0.786. The highest BCUT2D eigenvalue weighted by molar-refractivity contribution is 6.00. The van der Waals surface area contributed by atoms with Crippen molar-refractivity contribution in [3.63, 3.8) is 0 Å². The zero-order valence-electron chi connectivity index (χ0n) is 8.27. The zero-order chi connectivity index (χ0) is 11.0. The molecule has 1 atom stereocenters. The number of rotatable bonds is 6. The molecule has 6 nitrogen and oxygen atoms in total. The van der Waals surface area contributed by atoms with Crippen LogP contribution in [0.1, 0.15) is 20.3 Å². The van der Waals surface area contributed by atoms with Gasteiger partial charge in [-0.2, -0.15) is 0 Å². The van der Waals surface area contributed by atoms with Crippen LogP contribution in [-0.2, 0) is 14.3 Å². The van der Waals surface area contributed by atoms with Gasteiger partial charge in [-0.1, -0.05) is 5.16 Å². The Bertz CT molecular complexity index is 204. The second-order valence-electron chi connectivity index (χ2n) is 2.38. The first kappa shape index (κ1) is 12.9. The minimum absolute atomic E-state index is 0.162. The van der Waals surface area contributed by atoms with Gasteiger partial charge in [-0.15, -0.1) is 0 Å². The van der Waals surface area contributed by atoms with E-state index in [1.54, 1.807) is 13.8 Å². The molecule has 6 heteroatoms. The SMILES string of the molecule is CCOC(=O)C/C(=N/O)C(O)OCC. The van der Waals surface area contributed by atoms with Gasteiger partial charge in [-0.3, -0.25) is 4.79 Å². The van der Waals surface area contributed by atoms with Crippen LogP contribution in [0.5, 0.6) is 0 Å². The lowest BCUT2D eigenvalue weighted by Gasteiger charge is -2.11. The normalized spacial score (nSPS) is 13.8. The smallest absolute Gasteiger partial charge is 0.311 e. The molecule has 0 saturated heterocycles. The van der Waals surface area contributed by atoms with Crippen molar-refractivity contribution in [3.8, 4) is 0 Å². The monoisotopic (exact) mass is 205 g/mol. The van der Waals surface area contributed by atoms with E-state index in [9.17, 15) is 9.90 Å². The van der Waals surface area contributed by atoms with Gasteiger partial charge in [-0.05, 0) is 13.8 Å². The number of nitrogens with zero attached hydrogens (tertiary/aromatic N) is 1. The standard InChI is InChI=1S/C8H15NO5/c1-3-13-7(10)5-6(9-12)8(11)14-4-2/h8,11-12H,3-5H2,1-2H3/b9-6-. The van der Waals surface area contributed by atoms with Crippen LogP contribution < -0.4 is 0 Å². The third-order valence-corrected chi connectivity index (χ3v) is 1.37. The summed E-state index contributed by atoms with van der Waals surface area (Å²) in [5.74, 6) is -0.570. The lowest BCUT2D eigenvalue weighted by molar-refractivity contribution is -0.142. The van der Waals surface area contributed by atoms with Crippen LogP contribution >= 0.6 is 0 Å². The zero-order valence-corrected chi connectivity index (χ0v) is 8.27. The fraction of sp³-hybridized carbons (Fsp3) is 0.750. The van der Waals surface area contributed by atoms with Crippen LogP contribution in [0.25, 0.3) is 0 Å². The number of esters is 1. The van der Waals surface area contributed by atoms with Crippen molar-refractivity contribution in [1.29, 1.82) is 0 Å². The van der Waals surface area contributed by atoms with E-state index in [4.69, 9.17) is 9.94 Å². The van der Waals surface area contributed by atoms with E-state index in [1.165, 1.54) is 0 Å². The van der Waals surface area contributed by atoms with Crippen molar-refractivity contribution >= 4 is 11.7 Å². The Balaban J connectivity index is 4.09. The highest BCUT2D eigenvalue weighted by Gasteiger charge is 2.17. The molecule has 0 aromatic carbocycles. The average Bonchev–Trinajstić information content (AvgIpc) is 2.15. The quantitative estimate of drug-likeness (QED) is 0.211. The van der Waals surface area contributed by atoms with Crippen molar-refractivity contribution in [2.75, 3.05) is 13.2 Å². The van der Waals surface area contributed by atoms with Crippen molar-refractivity contribution in [2.45, 2.75) is 26.6 Å². The third-order valence-electron chi connectivity index (χ3n) is 1.37. The first-order valence-corrected chi connectivity index (χ1v) is 4.31. The number of aliphatic hydroxyl groups excluding tert-OH is 1. The summed E-state index contributed by atoms with van der Waals surface area (Å²) in [4.78, 5) is 10.9. The van der Waals surface area contributed by atoms with Gasteiger partial charge in [0.1, 0.15) is 5.71 Å².